The minimum absolute atomic E-state index is 0.398. The van der Waals surface area contributed by atoms with E-state index in [-0.39, 0.29) is 0 Å². The van der Waals surface area contributed by atoms with E-state index in [0.717, 1.165) is 0 Å². The summed E-state index contributed by atoms with van der Waals surface area (Å²) in [6.45, 7) is 0. The van der Waals surface area contributed by atoms with Crippen molar-refractivity contribution in [1.29, 1.82) is 5.26 Å². The van der Waals surface area contributed by atoms with E-state index in [1.54, 1.807) is 42.6 Å². The van der Waals surface area contributed by atoms with Crippen LogP contribution < -0.4 is 0 Å². The quantitative estimate of drug-likeness (QED) is 0.753. The monoisotopic (exact) mass is 238 g/mol. The molecule has 88 valence electrons. The van der Waals surface area contributed by atoms with Crippen LogP contribution in [0.4, 0.5) is 0 Å². The zero-order valence-corrected chi connectivity index (χ0v) is 9.75. The fourth-order valence-corrected chi connectivity index (χ4v) is 1.69. The van der Waals surface area contributed by atoms with E-state index in [1.165, 1.54) is 7.11 Å². The molecule has 18 heavy (non-hydrogen) atoms. The first-order chi connectivity index (χ1) is 8.77. The van der Waals surface area contributed by atoms with Crippen LogP contribution in [0.15, 0.2) is 42.6 Å². The molecular formula is C14H10N2O2. The Morgan fingerprint density at radius 1 is 1.28 bits per heavy atom. The SMILES string of the molecule is COC(=O)c1ccccc1-c1ncccc1C#N. The number of hydrogen-bond acceptors (Lipinski definition) is 4. The van der Waals surface area contributed by atoms with Crippen molar-refractivity contribution in [3.63, 3.8) is 0 Å². The Hall–Kier alpha value is -2.67. The lowest BCUT2D eigenvalue weighted by molar-refractivity contribution is 0.0601. The molecule has 0 saturated heterocycles. The van der Waals surface area contributed by atoms with Gasteiger partial charge >= 0.3 is 5.97 Å². The third kappa shape index (κ3) is 2.06. The van der Waals surface area contributed by atoms with Crippen molar-refractivity contribution in [2.45, 2.75) is 0 Å². The van der Waals surface area contributed by atoms with Gasteiger partial charge in [-0.15, -0.1) is 0 Å². The van der Waals surface area contributed by atoms with E-state index in [2.05, 4.69) is 11.1 Å². The minimum Gasteiger partial charge on any atom is -0.465 e. The first kappa shape index (κ1) is 11.8. The number of pyridine rings is 1. The lowest BCUT2D eigenvalue weighted by Gasteiger charge is -2.08. The third-order valence-corrected chi connectivity index (χ3v) is 2.52. The Morgan fingerprint density at radius 3 is 2.78 bits per heavy atom. The topological polar surface area (TPSA) is 63.0 Å². The molecule has 2 rings (SSSR count). The van der Waals surface area contributed by atoms with Crippen molar-refractivity contribution in [2.75, 3.05) is 7.11 Å². The average molecular weight is 238 g/mol. The Kier molecular flexibility index (Phi) is 3.35. The first-order valence-electron chi connectivity index (χ1n) is 5.30. The van der Waals surface area contributed by atoms with Gasteiger partial charge in [0.25, 0.3) is 0 Å². The number of methoxy groups -OCH3 is 1. The number of nitrogens with zero attached hydrogens (tertiary/aromatic N) is 2. The maximum absolute atomic E-state index is 11.7. The van der Waals surface area contributed by atoms with Crippen LogP contribution >= 0.6 is 0 Å². The van der Waals surface area contributed by atoms with Crippen LogP contribution in [-0.2, 0) is 4.74 Å². The summed E-state index contributed by atoms with van der Waals surface area (Å²) in [4.78, 5) is 15.8. The van der Waals surface area contributed by atoms with Crippen molar-refractivity contribution >= 4 is 5.97 Å². The molecule has 1 heterocycles. The van der Waals surface area contributed by atoms with E-state index in [9.17, 15) is 4.79 Å². The van der Waals surface area contributed by atoms with Gasteiger partial charge in [-0.1, -0.05) is 18.2 Å². The van der Waals surface area contributed by atoms with E-state index < -0.39 is 5.97 Å². The molecular weight excluding hydrogens is 228 g/mol. The zero-order valence-electron chi connectivity index (χ0n) is 9.75. The van der Waals surface area contributed by atoms with Gasteiger partial charge in [-0.25, -0.2) is 4.79 Å². The molecule has 4 heteroatoms. The number of rotatable bonds is 2. The molecule has 0 fully saturated rings. The number of carbonyl (C=O) groups is 1. The molecule has 0 amide bonds. The van der Waals surface area contributed by atoms with Crippen LogP contribution in [-0.4, -0.2) is 18.1 Å². The van der Waals surface area contributed by atoms with Gasteiger partial charge in [0.2, 0.25) is 0 Å². The van der Waals surface area contributed by atoms with Crippen LogP contribution in [0.2, 0.25) is 0 Å². The summed E-state index contributed by atoms with van der Waals surface area (Å²) in [7, 11) is 1.32. The number of nitriles is 1. The number of aromatic nitrogens is 1. The maximum Gasteiger partial charge on any atom is 0.338 e. The standard InChI is InChI=1S/C14H10N2O2/c1-18-14(17)12-7-3-2-6-11(12)13-10(9-15)5-4-8-16-13/h2-8H,1H3. The van der Waals surface area contributed by atoms with Crippen LogP contribution in [0.3, 0.4) is 0 Å². The van der Waals surface area contributed by atoms with Crippen molar-refractivity contribution < 1.29 is 9.53 Å². The van der Waals surface area contributed by atoms with Crippen LogP contribution in [0.25, 0.3) is 11.3 Å². The molecule has 0 spiro atoms. The highest BCUT2D eigenvalue weighted by Gasteiger charge is 2.15. The predicted molar refractivity (Wildman–Crippen MR) is 65.7 cm³/mol. The minimum atomic E-state index is -0.444. The second-order valence-electron chi connectivity index (χ2n) is 3.55. The van der Waals surface area contributed by atoms with E-state index in [0.29, 0.717) is 22.4 Å². The van der Waals surface area contributed by atoms with Gasteiger partial charge in [-0.3, -0.25) is 4.98 Å². The second-order valence-corrected chi connectivity index (χ2v) is 3.55. The van der Waals surface area contributed by atoms with Gasteiger partial charge in [0.15, 0.2) is 0 Å². The summed E-state index contributed by atoms with van der Waals surface area (Å²) < 4.78 is 4.72. The normalized spacial score (nSPS) is 9.56. The van der Waals surface area contributed by atoms with E-state index in [4.69, 9.17) is 10.00 Å². The first-order valence-corrected chi connectivity index (χ1v) is 5.30. The van der Waals surface area contributed by atoms with Crippen LogP contribution in [0.5, 0.6) is 0 Å². The van der Waals surface area contributed by atoms with Gasteiger partial charge in [0.05, 0.1) is 23.9 Å². The molecule has 0 aliphatic heterocycles. The van der Waals surface area contributed by atoms with Crippen molar-refractivity contribution in [3.8, 4) is 17.3 Å². The summed E-state index contributed by atoms with van der Waals surface area (Å²) in [6.07, 6.45) is 1.59. The molecule has 0 unspecified atom stereocenters. The van der Waals surface area contributed by atoms with E-state index >= 15 is 0 Å². The lowest BCUT2D eigenvalue weighted by atomic mass is 10.0. The highest BCUT2D eigenvalue weighted by atomic mass is 16.5. The highest BCUT2D eigenvalue weighted by Crippen LogP contribution is 2.25. The van der Waals surface area contributed by atoms with Gasteiger partial charge in [0.1, 0.15) is 6.07 Å². The van der Waals surface area contributed by atoms with Crippen molar-refractivity contribution in [1.82, 2.24) is 4.98 Å². The smallest absolute Gasteiger partial charge is 0.338 e. The number of carbonyl (C=O) groups excluding carboxylic acids is 1. The molecule has 2 aromatic rings. The Labute approximate surface area is 104 Å². The number of esters is 1. The molecule has 0 atom stereocenters. The van der Waals surface area contributed by atoms with Gasteiger partial charge in [-0.2, -0.15) is 5.26 Å². The molecule has 4 nitrogen and oxygen atoms in total. The Balaban J connectivity index is 2.65. The molecule has 0 N–H and O–H groups in total. The number of ether oxygens (including phenoxy) is 1. The summed E-state index contributed by atoms with van der Waals surface area (Å²) in [5.41, 5.74) is 1.91. The second kappa shape index (κ2) is 5.11. The maximum atomic E-state index is 11.7. The van der Waals surface area contributed by atoms with Crippen LogP contribution in [0, 0.1) is 11.3 Å². The Bertz CT molecular complexity index is 630. The predicted octanol–water partition coefficient (Wildman–Crippen LogP) is 2.41. The molecule has 1 aromatic heterocycles. The van der Waals surface area contributed by atoms with E-state index in [1.807, 2.05) is 0 Å². The summed E-state index contributed by atoms with van der Waals surface area (Å²) >= 11 is 0. The van der Waals surface area contributed by atoms with Gasteiger partial charge in [-0.05, 0) is 18.2 Å². The third-order valence-electron chi connectivity index (χ3n) is 2.52. The fraction of sp³-hybridized carbons (Fsp3) is 0.0714. The van der Waals surface area contributed by atoms with Crippen LogP contribution in [0.1, 0.15) is 15.9 Å². The molecule has 0 radical (unpaired) electrons. The summed E-state index contributed by atoms with van der Waals surface area (Å²) in [6, 6.07) is 12.3. The molecule has 1 aromatic carbocycles. The summed E-state index contributed by atoms with van der Waals surface area (Å²) in [5.74, 6) is -0.444. The Morgan fingerprint density at radius 2 is 2.06 bits per heavy atom. The molecule has 0 aliphatic carbocycles. The van der Waals surface area contributed by atoms with Gasteiger partial charge < -0.3 is 4.74 Å². The largest absolute Gasteiger partial charge is 0.465 e. The van der Waals surface area contributed by atoms with Crippen molar-refractivity contribution in [3.05, 3.63) is 53.7 Å². The molecule has 0 bridgehead atoms. The lowest BCUT2D eigenvalue weighted by Crippen LogP contribution is -2.04. The highest BCUT2D eigenvalue weighted by molar-refractivity contribution is 5.97. The average Bonchev–Trinajstić information content (AvgIpc) is 2.46. The number of benzene rings is 1. The van der Waals surface area contributed by atoms with Gasteiger partial charge in [0, 0.05) is 11.8 Å². The van der Waals surface area contributed by atoms with Crippen molar-refractivity contribution in [2.24, 2.45) is 0 Å². The number of hydrogen-bond donors (Lipinski definition) is 0. The molecule has 0 saturated carbocycles. The molecule has 0 aliphatic rings. The zero-order chi connectivity index (χ0) is 13.0. The fourth-order valence-electron chi connectivity index (χ4n) is 1.69. The summed E-state index contributed by atoms with van der Waals surface area (Å²) in [5, 5.41) is 9.06.